The molecule has 3 aromatic carbocycles. The van der Waals surface area contributed by atoms with Gasteiger partial charge in [0.2, 0.25) is 0 Å². The Morgan fingerprint density at radius 1 is 0.730 bits per heavy atom. The van der Waals surface area contributed by atoms with Gasteiger partial charge in [0.1, 0.15) is 5.57 Å². The molecule has 0 unspecified atom stereocenters. The van der Waals surface area contributed by atoms with Crippen molar-refractivity contribution in [3.63, 3.8) is 0 Å². The van der Waals surface area contributed by atoms with Crippen LogP contribution in [0.1, 0.15) is 18.1 Å². The number of benzene rings is 3. The van der Waals surface area contributed by atoms with Crippen molar-refractivity contribution in [1.29, 1.82) is 0 Å². The highest BCUT2D eigenvalue weighted by atomic mass is 32.1. The Hall–Kier alpha value is -4.43. The minimum absolute atomic E-state index is 0.0515. The van der Waals surface area contributed by atoms with Gasteiger partial charge in [-0.15, -0.1) is 0 Å². The van der Waals surface area contributed by atoms with Crippen LogP contribution in [0, 0.1) is 19.8 Å². The molecular formula is C29H24N4O3S. The van der Waals surface area contributed by atoms with Crippen LogP contribution in [0.5, 0.6) is 0 Å². The van der Waals surface area contributed by atoms with Crippen LogP contribution in [0.3, 0.4) is 0 Å². The quantitative estimate of drug-likeness (QED) is 0.285. The first-order valence-corrected chi connectivity index (χ1v) is 12.2. The fourth-order valence-corrected chi connectivity index (χ4v) is 4.71. The van der Waals surface area contributed by atoms with Crippen molar-refractivity contribution in [2.75, 3.05) is 14.8 Å². The maximum atomic E-state index is 13.8. The lowest BCUT2D eigenvalue weighted by Gasteiger charge is -2.37. The average Bonchev–Trinajstić information content (AvgIpc) is 3.18. The molecule has 3 aromatic rings. The lowest BCUT2D eigenvalue weighted by atomic mass is 9.97. The smallest absolute Gasteiger partial charge is 0.269 e. The number of amides is 3. The Balaban J connectivity index is 1.60. The molecule has 8 heteroatoms. The summed E-state index contributed by atoms with van der Waals surface area (Å²) < 4.78 is 0. The number of hydrogen-bond acceptors (Lipinski definition) is 5. The first-order valence-electron chi connectivity index (χ1n) is 11.8. The molecule has 2 aliphatic heterocycles. The summed E-state index contributed by atoms with van der Waals surface area (Å²) in [6, 6.07) is 23.5. The number of aryl methyl sites for hydroxylation is 2. The van der Waals surface area contributed by atoms with E-state index in [9.17, 15) is 14.4 Å². The van der Waals surface area contributed by atoms with Crippen molar-refractivity contribution in [3.8, 4) is 0 Å². The largest absolute Gasteiger partial charge is 0.271 e. The third kappa shape index (κ3) is 4.25. The van der Waals surface area contributed by atoms with Crippen LogP contribution in [0.4, 0.5) is 17.1 Å². The van der Waals surface area contributed by atoms with Gasteiger partial charge < -0.3 is 0 Å². The van der Waals surface area contributed by atoms with Crippen molar-refractivity contribution in [2.45, 2.75) is 20.8 Å². The molecule has 2 heterocycles. The molecule has 0 spiro atoms. The number of hydrogen-bond donors (Lipinski definition) is 0. The third-order valence-corrected chi connectivity index (χ3v) is 6.89. The second-order valence-corrected chi connectivity index (χ2v) is 9.32. The highest BCUT2D eigenvalue weighted by molar-refractivity contribution is 7.81. The summed E-state index contributed by atoms with van der Waals surface area (Å²) in [7, 11) is 0. The summed E-state index contributed by atoms with van der Waals surface area (Å²) in [6.07, 6.45) is 1.42. The van der Waals surface area contributed by atoms with E-state index >= 15 is 0 Å². The first kappa shape index (κ1) is 24.3. The fourth-order valence-electron chi connectivity index (χ4n) is 4.34. The van der Waals surface area contributed by atoms with Crippen molar-refractivity contribution in [2.24, 2.45) is 11.0 Å². The summed E-state index contributed by atoms with van der Waals surface area (Å²) in [5.74, 6) is -2.37. The van der Waals surface area contributed by atoms with Gasteiger partial charge in [0.05, 0.1) is 28.7 Å². The maximum absolute atomic E-state index is 13.8. The van der Waals surface area contributed by atoms with E-state index in [1.165, 1.54) is 20.9 Å². The Bertz CT molecular complexity index is 1500. The van der Waals surface area contributed by atoms with Gasteiger partial charge in [0.25, 0.3) is 17.7 Å². The molecule has 0 N–H and O–H groups in total. The van der Waals surface area contributed by atoms with Crippen LogP contribution in [0.15, 0.2) is 95.6 Å². The van der Waals surface area contributed by atoms with Crippen molar-refractivity contribution in [1.82, 2.24) is 0 Å². The summed E-state index contributed by atoms with van der Waals surface area (Å²) >= 11 is 5.69. The zero-order chi connectivity index (χ0) is 26.3. The Labute approximate surface area is 220 Å². The van der Waals surface area contributed by atoms with Gasteiger partial charge in [-0.3, -0.25) is 24.2 Å². The number of carbonyl (C=O) groups is 3. The van der Waals surface area contributed by atoms with Crippen LogP contribution in [0.25, 0.3) is 0 Å². The Morgan fingerprint density at radius 2 is 1.30 bits per heavy atom. The van der Waals surface area contributed by atoms with E-state index in [1.54, 1.807) is 49.4 Å². The van der Waals surface area contributed by atoms with Gasteiger partial charge in [-0.25, -0.2) is 0 Å². The SMILES string of the molecule is CC1=NN(c2ccccc2)C(=O)[C@@H]1/C=C1\C(=O)N(c2ccccc2)C(=S)N(c2ccc(C)c(C)c2)C1=O. The van der Waals surface area contributed by atoms with Gasteiger partial charge in [-0.05, 0) is 86.6 Å². The van der Waals surface area contributed by atoms with E-state index in [-0.39, 0.29) is 16.6 Å². The van der Waals surface area contributed by atoms with E-state index in [0.717, 1.165) is 11.1 Å². The molecule has 37 heavy (non-hydrogen) atoms. The predicted molar refractivity (Wildman–Crippen MR) is 149 cm³/mol. The van der Waals surface area contributed by atoms with E-state index in [1.807, 2.05) is 50.2 Å². The van der Waals surface area contributed by atoms with Crippen molar-refractivity contribution in [3.05, 3.63) is 102 Å². The predicted octanol–water partition coefficient (Wildman–Crippen LogP) is 4.93. The van der Waals surface area contributed by atoms with E-state index in [2.05, 4.69) is 5.10 Å². The van der Waals surface area contributed by atoms with Crippen LogP contribution in [-0.2, 0) is 14.4 Å². The first-order chi connectivity index (χ1) is 17.8. The number of anilines is 3. The number of rotatable bonds is 4. The molecule has 0 saturated carbocycles. The number of thiocarbonyl (C=S) groups is 1. The topological polar surface area (TPSA) is 73.3 Å². The second kappa shape index (κ2) is 9.55. The zero-order valence-corrected chi connectivity index (χ0v) is 21.4. The van der Waals surface area contributed by atoms with Crippen LogP contribution >= 0.6 is 12.2 Å². The molecule has 1 atom stereocenters. The standard InChI is InChI=1S/C29H24N4O3S/c1-18-14-15-23(16-19(18)2)32-27(35)25(26(34)31(29(32)37)21-10-6-4-7-11-21)17-24-20(3)30-33(28(24)36)22-12-8-5-9-13-22/h4-17,24H,1-3H3/b25-17+/t24-/m1/s1. The second-order valence-electron chi connectivity index (χ2n) is 8.95. The Morgan fingerprint density at radius 3 is 1.89 bits per heavy atom. The van der Waals surface area contributed by atoms with Crippen LogP contribution in [0.2, 0.25) is 0 Å². The van der Waals surface area contributed by atoms with Gasteiger partial charge in [-0.2, -0.15) is 10.1 Å². The van der Waals surface area contributed by atoms with E-state index in [0.29, 0.717) is 22.8 Å². The number of hydrazone groups is 1. The van der Waals surface area contributed by atoms with Crippen LogP contribution < -0.4 is 14.8 Å². The van der Waals surface area contributed by atoms with Gasteiger partial charge in [0.15, 0.2) is 5.11 Å². The lowest BCUT2D eigenvalue weighted by molar-refractivity contribution is -0.121. The van der Waals surface area contributed by atoms with E-state index in [4.69, 9.17) is 12.2 Å². The molecule has 3 amide bonds. The summed E-state index contributed by atoms with van der Waals surface area (Å²) in [5.41, 5.74) is 4.07. The minimum atomic E-state index is -0.867. The minimum Gasteiger partial charge on any atom is -0.271 e. The third-order valence-electron chi connectivity index (χ3n) is 6.53. The Kier molecular flexibility index (Phi) is 6.27. The average molecular weight is 509 g/mol. The molecule has 0 bridgehead atoms. The number of nitrogens with zero attached hydrogens (tertiary/aromatic N) is 4. The highest BCUT2D eigenvalue weighted by Crippen LogP contribution is 2.32. The molecule has 184 valence electrons. The summed E-state index contributed by atoms with van der Waals surface area (Å²) in [4.78, 5) is 43.6. The number of carbonyl (C=O) groups excluding carboxylic acids is 3. The molecule has 0 radical (unpaired) electrons. The molecule has 1 fully saturated rings. The van der Waals surface area contributed by atoms with Crippen LogP contribution in [-0.4, -0.2) is 28.5 Å². The van der Waals surface area contributed by atoms with Crippen molar-refractivity contribution >= 4 is 57.8 Å². The maximum Gasteiger partial charge on any atom is 0.269 e. The van der Waals surface area contributed by atoms with E-state index < -0.39 is 17.7 Å². The molecule has 7 nitrogen and oxygen atoms in total. The highest BCUT2D eigenvalue weighted by Gasteiger charge is 2.43. The zero-order valence-electron chi connectivity index (χ0n) is 20.6. The molecule has 0 aliphatic carbocycles. The monoisotopic (exact) mass is 508 g/mol. The summed E-state index contributed by atoms with van der Waals surface area (Å²) in [6.45, 7) is 5.64. The van der Waals surface area contributed by atoms with Gasteiger partial charge in [-0.1, -0.05) is 42.5 Å². The normalized spacial score (nSPS) is 19.2. The molecule has 1 saturated heterocycles. The fraction of sp³-hybridized carbons (Fsp3) is 0.138. The number of para-hydroxylation sites is 2. The van der Waals surface area contributed by atoms with Gasteiger partial charge >= 0.3 is 0 Å². The van der Waals surface area contributed by atoms with Crippen molar-refractivity contribution < 1.29 is 14.4 Å². The molecule has 5 rings (SSSR count). The molecular weight excluding hydrogens is 484 g/mol. The molecule has 2 aliphatic rings. The lowest BCUT2D eigenvalue weighted by Crippen LogP contribution is -2.57. The molecule has 0 aromatic heterocycles. The van der Waals surface area contributed by atoms with Gasteiger partial charge in [0, 0.05) is 0 Å². The summed E-state index contributed by atoms with van der Waals surface area (Å²) in [5, 5.41) is 5.76.